The molecule has 104 valence electrons. The van der Waals surface area contributed by atoms with Gasteiger partial charge in [0.1, 0.15) is 7.85 Å². The van der Waals surface area contributed by atoms with Crippen molar-refractivity contribution in [1.82, 2.24) is 0 Å². The van der Waals surface area contributed by atoms with Crippen molar-refractivity contribution in [3.05, 3.63) is 70.8 Å². The Labute approximate surface area is 126 Å². The minimum atomic E-state index is -0.0117. The highest BCUT2D eigenvalue weighted by molar-refractivity contribution is 7.20. The van der Waals surface area contributed by atoms with Crippen molar-refractivity contribution in [2.24, 2.45) is 0 Å². The van der Waals surface area contributed by atoms with Crippen molar-refractivity contribution in [3.8, 4) is 0 Å². The molecule has 0 aromatic heterocycles. The van der Waals surface area contributed by atoms with Gasteiger partial charge in [0.25, 0.3) is 0 Å². The first-order valence-corrected chi connectivity index (χ1v) is 7.94. The molecule has 0 aromatic rings. The van der Waals surface area contributed by atoms with Crippen LogP contribution in [0.4, 0.5) is 0 Å². The fraction of sp³-hybridized carbons (Fsp3) is 0.333. The normalized spacial score (nSPS) is 30.4. The number of rotatable bonds is 2. The van der Waals surface area contributed by atoms with Gasteiger partial charge in [-0.2, -0.15) is 0 Å². The van der Waals surface area contributed by atoms with Crippen LogP contribution in [0.15, 0.2) is 70.8 Å². The largest absolute Gasteiger partial charge is 0.133 e. The molecule has 2 aliphatic carbocycles. The van der Waals surface area contributed by atoms with E-state index in [1.165, 1.54) is 22.2 Å². The van der Waals surface area contributed by atoms with Crippen LogP contribution in [0.3, 0.4) is 0 Å². The number of allylic oxidation sites excluding steroid dienone is 12. The van der Waals surface area contributed by atoms with E-state index in [9.17, 15) is 0 Å². The lowest BCUT2D eigenvalue weighted by Crippen LogP contribution is -2.22. The second-order valence-corrected chi connectivity index (χ2v) is 7.09. The molecule has 0 amide bonds. The average Bonchev–Trinajstić information content (AvgIpc) is 2.68. The van der Waals surface area contributed by atoms with Crippen LogP contribution >= 0.6 is 9.24 Å². The quantitative estimate of drug-likeness (QED) is 0.525. The first-order valence-electron chi connectivity index (χ1n) is 7.37. The van der Waals surface area contributed by atoms with Crippen LogP contribution in [0.25, 0.3) is 0 Å². The first kappa shape index (κ1) is 15.3. The molecule has 0 radical (unpaired) electrons. The van der Waals surface area contributed by atoms with Gasteiger partial charge in [0.05, 0.1) is 0 Å². The van der Waals surface area contributed by atoms with Gasteiger partial charge in [-0.3, -0.25) is 0 Å². The highest BCUT2D eigenvalue weighted by atomic mass is 31.0. The molecule has 0 N–H and O–H groups in total. The Morgan fingerprint density at radius 1 is 1.10 bits per heavy atom. The van der Waals surface area contributed by atoms with Gasteiger partial charge >= 0.3 is 0 Å². The second kappa shape index (κ2) is 6.59. The number of hydrogen-bond acceptors (Lipinski definition) is 0. The lowest BCUT2D eigenvalue weighted by molar-refractivity contribution is 0.877. The van der Waals surface area contributed by atoms with E-state index in [1.807, 2.05) is 0 Å². The van der Waals surface area contributed by atoms with Crippen molar-refractivity contribution < 1.29 is 0 Å². The van der Waals surface area contributed by atoms with E-state index in [-0.39, 0.29) is 5.16 Å². The molecule has 0 spiro atoms. The van der Waals surface area contributed by atoms with Crippen LogP contribution in [0, 0.1) is 0 Å². The molecule has 0 bridgehead atoms. The van der Waals surface area contributed by atoms with Gasteiger partial charge in [-0.25, -0.2) is 0 Å². The molecule has 2 rings (SSSR count). The Kier molecular flexibility index (Phi) is 5.05. The zero-order valence-electron chi connectivity index (χ0n) is 12.8. The van der Waals surface area contributed by atoms with Gasteiger partial charge in [-0.05, 0) is 44.3 Å². The molecule has 0 aromatic carbocycles. The van der Waals surface area contributed by atoms with Crippen molar-refractivity contribution in [3.63, 3.8) is 0 Å². The molecule has 0 saturated carbocycles. The van der Waals surface area contributed by atoms with Crippen LogP contribution in [-0.2, 0) is 0 Å². The topological polar surface area (TPSA) is 0 Å². The Morgan fingerprint density at radius 3 is 2.70 bits per heavy atom. The average molecular weight is 282 g/mol. The van der Waals surface area contributed by atoms with E-state index in [2.05, 4.69) is 79.5 Å². The summed E-state index contributed by atoms with van der Waals surface area (Å²) in [5.41, 5.74) is 5.74. The smallest absolute Gasteiger partial charge is 0.122 e. The predicted molar refractivity (Wildman–Crippen MR) is 96.8 cm³/mol. The molecule has 0 saturated heterocycles. The minimum Gasteiger partial charge on any atom is -0.122 e. The maximum absolute atomic E-state index is 3.07. The molecule has 2 aliphatic rings. The summed E-state index contributed by atoms with van der Waals surface area (Å²) in [5.74, 6) is 0. The van der Waals surface area contributed by atoms with Crippen LogP contribution in [0.2, 0.25) is 0 Å². The van der Waals surface area contributed by atoms with Crippen LogP contribution in [0.1, 0.15) is 33.1 Å². The standard InChI is InChI=1S/C18H24BP/c1-14-12-13-16(19)10-7-11-17(14)18(2,20)15-8-5-3-4-6-9-15/h3-5,7-9,11,13H,6,10,12,19-20H2,1-2H3/b11-7-,16-13+,17-14-. The van der Waals surface area contributed by atoms with Gasteiger partial charge in [0.2, 0.25) is 0 Å². The molecule has 2 heteroatoms. The van der Waals surface area contributed by atoms with E-state index >= 15 is 0 Å². The maximum Gasteiger partial charge on any atom is 0.133 e. The third kappa shape index (κ3) is 3.52. The zero-order chi connectivity index (χ0) is 14.6. The van der Waals surface area contributed by atoms with Crippen LogP contribution in [0.5, 0.6) is 0 Å². The molecular formula is C18H24BP. The summed E-state index contributed by atoms with van der Waals surface area (Å²) >= 11 is 0. The van der Waals surface area contributed by atoms with Crippen molar-refractivity contribution in [1.29, 1.82) is 0 Å². The molecule has 0 heterocycles. The van der Waals surface area contributed by atoms with E-state index in [0.717, 1.165) is 19.3 Å². The molecular weight excluding hydrogens is 258 g/mol. The Bertz CT molecular complexity index is 554. The molecule has 20 heavy (non-hydrogen) atoms. The van der Waals surface area contributed by atoms with Crippen molar-refractivity contribution in [2.45, 2.75) is 38.3 Å². The van der Waals surface area contributed by atoms with Crippen molar-refractivity contribution in [2.75, 3.05) is 0 Å². The monoisotopic (exact) mass is 282 g/mol. The van der Waals surface area contributed by atoms with Gasteiger partial charge in [0, 0.05) is 5.16 Å². The molecule has 0 nitrogen and oxygen atoms in total. The fourth-order valence-corrected chi connectivity index (χ4v) is 3.32. The summed E-state index contributed by atoms with van der Waals surface area (Å²) in [4.78, 5) is 0. The Hall–Kier alpha value is -1.07. The number of hydrogen-bond donors (Lipinski definition) is 0. The maximum atomic E-state index is 3.07. The predicted octanol–water partition coefficient (Wildman–Crippen LogP) is 4.25. The molecule has 2 atom stereocenters. The molecule has 0 aliphatic heterocycles. The van der Waals surface area contributed by atoms with E-state index in [1.54, 1.807) is 0 Å². The Balaban J connectivity index is 2.39. The van der Waals surface area contributed by atoms with Gasteiger partial charge in [-0.15, -0.1) is 14.7 Å². The minimum absolute atomic E-state index is 0.0117. The summed E-state index contributed by atoms with van der Waals surface area (Å²) in [5, 5.41) is -0.0117. The summed E-state index contributed by atoms with van der Waals surface area (Å²) < 4.78 is 0. The second-order valence-electron chi connectivity index (χ2n) is 5.94. The summed E-state index contributed by atoms with van der Waals surface area (Å²) in [6.45, 7) is 4.57. The SMILES string of the molecule is B/C1=C/C/C(C)=C(C(C)(P)C2=CCC=CC=C2)/C=C\C1. The van der Waals surface area contributed by atoms with Gasteiger partial charge in [0.15, 0.2) is 0 Å². The zero-order valence-corrected chi connectivity index (χ0v) is 14.0. The van der Waals surface area contributed by atoms with Gasteiger partial charge < -0.3 is 0 Å². The van der Waals surface area contributed by atoms with Crippen LogP contribution < -0.4 is 0 Å². The summed E-state index contributed by atoms with van der Waals surface area (Å²) in [6.07, 6.45) is 21.2. The summed E-state index contributed by atoms with van der Waals surface area (Å²) in [7, 11) is 5.28. The van der Waals surface area contributed by atoms with E-state index in [0.29, 0.717) is 0 Å². The highest BCUT2D eigenvalue weighted by Gasteiger charge is 2.27. The Morgan fingerprint density at radius 2 is 1.90 bits per heavy atom. The van der Waals surface area contributed by atoms with Crippen LogP contribution in [-0.4, -0.2) is 13.0 Å². The van der Waals surface area contributed by atoms with E-state index < -0.39 is 0 Å². The lowest BCUT2D eigenvalue weighted by atomic mass is 9.82. The van der Waals surface area contributed by atoms with Crippen molar-refractivity contribution >= 4 is 17.1 Å². The van der Waals surface area contributed by atoms with E-state index in [4.69, 9.17) is 0 Å². The van der Waals surface area contributed by atoms with Gasteiger partial charge in [-0.1, -0.05) is 54.2 Å². The third-order valence-electron chi connectivity index (χ3n) is 4.10. The molecule has 2 unspecified atom stereocenters. The highest BCUT2D eigenvalue weighted by Crippen LogP contribution is 2.40. The summed E-state index contributed by atoms with van der Waals surface area (Å²) in [6, 6.07) is 0. The first-order chi connectivity index (χ1) is 9.51. The molecule has 0 fully saturated rings. The lowest BCUT2D eigenvalue weighted by Gasteiger charge is -2.30. The fourth-order valence-electron chi connectivity index (χ4n) is 2.76. The third-order valence-corrected chi connectivity index (χ3v) is 4.74.